The molecule has 1 aromatic carbocycles. The van der Waals surface area contributed by atoms with E-state index in [0.29, 0.717) is 11.1 Å². The van der Waals surface area contributed by atoms with Gasteiger partial charge in [-0.3, -0.25) is 0 Å². The SMILES string of the molecule is COC(=O)/C=C/c1ccc(COCC(F)(F)C(F)(F)F)cc1. The molecule has 0 amide bonds. The number of carbonyl (C=O) groups is 1. The summed E-state index contributed by atoms with van der Waals surface area (Å²) in [4.78, 5) is 10.9. The highest BCUT2D eigenvalue weighted by atomic mass is 19.4. The molecule has 0 aliphatic rings. The Labute approximate surface area is 123 Å². The van der Waals surface area contributed by atoms with Crippen LogP contribution in [0.15, 0.2) is 30.3 Å². The van der Waals surface area contributed by atoms with Crippen LogP contribution >= 0.6 is 0 Å². The van der Waals surface area contributed by atoms with Gasteiger partial charge >= 0.3 is 18.1 Å². The third-order valence-electron chi connectivity index (χ3n) is 2.56. The molecule has 0 aliphatic heterocycles. The molecule has 0 radical (unpaired) electrons. The topological polar surface area (TPSA) is 35.5 Å². The van der Waals surface area contributed by atoms with Crippen molar-refractivity contribution in [3.8, 4) is 0 Å². The van der Waals surface area contributed by atoms with Crippen molar-refractivity contribution in [1.29, 1.82) is 0 Å². The minimum atomic E-state index is -5.63. The molecular formula is C14H13F5O3. The molecule has 1 rings (SSSR count). The molecule has 0 atom stereocenters. The molecule has 0 saturated carbocycles. The van der Waals surface area contributed by atoms with Crippen molar-refractivity contribution >= 4 is 12.0 Å². The fourth-order valence-corrected chi connectivity index (χ4v) is 1.34. The van der Waals surface area contributed by atoms with Crippen LogP contribution in [-0.2, 0) is 20.9 Å². The van der Waals surface area contributed by atoms with Crippen LogP contribution in [0.2, 0.25) is 0 Å². The lowest BCUT2D eigenvalue weighted by Gasteiger charge is -2.19. The maximum Gasteiger partial charge on any atom is 0.455 e. The van der Waals surface area contributed by atoms with E-state index in [-0.39, 0.29) is 6.61 Å². The summed E-state index contributed by atoms with van der Waals surface area (Å²) in [5, 5.41) is 0. The van der Waals surface area contributed by atoms with Gasteiger partial charge in [0.2, 0.25) is 0 Å². The van der Waals surface area contributed by atoms with Gasteiger partial charge in [-0.2, -0.15) is 22.0 Å². The number of methoxy groups -OCH3 is 1. The second-order valence-corrected chi connectivity index (χ2v) is 4.29. The largest absolute Gasteiger partial charge is 0.466 e. The van der Waals surface area contributed by atoms with Gasteiger partial charge in [0, 0.05) is 6.08 Å². The minimum Gasteiger partial charge on any atom is -0.466 e. The van der Waals surface area contributed by atoms with E-state index < -0.39 is 24.7 Å². The predicted octanol–water partition coefficient (Wildman–Crippen LogP) is 3.59. The summed E-state index contributed by atoms with van der Waals surface area (Å²) in [7, 11) is 1.23. The normalized spacial score (nSPS) is 12.6. The lowest BCUT2D eigenvalue weighted by atomic mass is 10.1. The summed E-state index contributed by atoms with van der Waals surface area (Å²) in [6, 6.07) is 6.09. The Morgan fingerprint density at radius 3 is 2.23 bits per heavy atom. The second kappa shape index (κ2) is 7.35. The van der Waals surface area contributed by atoms with Crippen LogP contribution in [0.4, 0.5) is 22.0 Å². The molecule has 0 heterocycles. The molecule has 0 fully saturated rings. The smallest absolute Gasteiger partial charge is 0.455 e. The number of hydrogen-bond donors (Lipinski definition) is 0. The molecule has 0 aliphatic carbocycles. The maximum absolute atomic E-state index is 12.6. The van der Waals surface area contributed by atoms with Crippen LogP contribution in [0.25, 0.3) is 6.08 Å². The number of benzene rings is 1. The summed E-state index contributed by atoms with van der Waals surface area (Å²) >= 11 is 0. The number of carbonyl (C=O) groups excluding carboxylic acids is 1. The molecule has 22 heavy (non-hydrogen) atoms. The molecule has 1 aromatic rings. The maximum atomic E-state index is 12.6. The van der Waals surface area contributed by atoms with Crippen LogP contribution < -0.4 is 0 Å². The minimum absolute atomic E-state index is 0.382. The molecule has 0 bridgehead atoms. The van der Waals surface area contributed by atoms with Gasteiger partial charge in [0.05, 0.1) is 13.7 Å². The first-order valence-corrected chi connectivity index (χ1v) is 6.03. The van der Waals surface area contributed by atoms with E-state index in [1.54, 1.807) is 12.1 Å². The molecule has 0 spiro atoms. The molecule has 0 unspecified atom stereocenters. The highest BCUT2D eigenvalue weighted by Gasteiger charge is 2.57. The van der Waals surface area contributed by atoms with Crippen molar-refractivity contribution in [3.05, 3.63) is 41.5 Å². The van der Waals surface area contributed by atoms with Crippen molar-refractivity contribution in [3.63, 3.8) is 0 Å². The van der Waals surface area contributed by atoms with E-state index >= 15 is 0 Å². The van der Waals surface area contributed by atoms with Gasteiger partial charge in [0.25, 0.3) is 0 Å². The van der Waals surface area contributed by atoms with Crippen LogP contribution in [0.5, 0.6) is 0 Å². The Kier molecular flexibility index (Phi) is 6.04. The quantitative estimate of drug-likeness (QED) is 0.456. The molecule has 122 valence electrons. The number of rotatable bonds is 6. The lowest BCUT2D eigenvalue weighted by Crippen LogP contribution is -2.40. The summed E-state index contributed by atoms with van der Waals surface area (Å²) in [6.07, 6.45) is -2.97. The Morgan fingerprint density at radius 1 is 1.14 bits per heavy atom. The number of halogens is 5. The second-order valence-electron chi connectivity index (χ2n) is 4.29. The standard InChI is InChI=1S/C14H13F5O3/c1-21-12(20)7-6-10-2-4-11(5-3-10)8-22-9-13(15,16)14(17,18)19/h2-7H,8-9H2,1H3/b7-6+. The number of ether oxygens (including phenoxy) is 2. The van der Waals surface area contributed by atoms with E-state index in [9.17, 15) is 26.7 Å². The van der Waals surface area contributed by atoms with Crippen LogP contribution in [0.3, 0.4) is 0 Å². The number of alkyl halides is 5. The van der Waals surface area contributed by atoms with Gasteiger partial charge in [0.15, 0.2) is 0 Å². The predicted molar refractivity (Wildman–Crippen MR) is 68.2 cm³/mol. The Balaban J connectivity index is 2.52. The summed E-state index contributed by atoms with van der Waals surface area (Å²) in [5.74, 6) is -5.42. The van der Waals surface area contributed by atoms with Crippen molar-refractivity contribution in [2.24, 2.45) is 0 Å². The van der Waals surface area contributed by atoms with Crippen LogP contribution in [0.1, 0.15) is 11.1 Å². The third kappa shape index (κ3) is 5.44. The Morgan fingerprint density at radius 2 is 1.73 bits per heavy atom. The third-order valence-corrected chi connectivity index (χ3v) is 2.56. The summed E-state index contributed by atoms with van der Waals surface area (Å²) < 4.78 is 69.8. The highest BCUT2D eigenvalue weighted by Crippen LogP contribution is 2.35. The van der Waals surface area contributed by atoms with Crippen molar-refractivity contribution in [1.82, 2.24) is 0 Å². The molecular weight excluding hydrogens is 311 g/mol. The molecule has 3 nitrogen and oxygen atoms in total. The van der Waals surface area contributed by atoms with Gasteiger partial charge in [0.1, 0.15) is 6.61 Å². The molecule has 0 saturated heterocycles. The van der Waals surface area contributed by atoms with E-state index in [4.69, 9.17) is 0 Å². The first-order chi connectivity index (χ1) is 10.2. The molecule has 0 aromatic heterocycles. The zero-order valence-corrected chi connectivity index (χ0v) is 11.5. The fourth-order valence-electron chi connectivity index (χ4n) is 1.34. The zero-order chi connectivity index (χ0) is 16.8. The number of hydrogen-bond acceptors (Lipinski definition) is 3. The monoisotopic (exact) mass is 324 g/mol. The first kappa shape index (κ1) is 18.1. The van der Waals surface area contributed by atoms with Crippen molar-refractivity contribution in [2.45, 2.75) is 18.7 Å². The van der Waals surface area contributed by atoms with Crippen molar-refractivity contribution in [2.75, 3.05) is 13.7 Å². The van der Waals surface area contributed by atoms with Crippen LogP contribution in [0, 0.1) is 0 Å². The van der Waals surface area contributed by atoms with E-state index in [0.717, 1.165) is 0 Å². The lowest BCUT2D eigenvalue weighted by molar-refractivity contribution is -0.297. The zero-order valence-electron chi connectivity index (χ0n) is 11.5. The Bertz CT molecular complexity index is 520. The van der Waals surface area contributed by atoms with Gasteiger partial charge in [-0.05, 0) is 17.2 Å². The molecule has 0 N–H and O–H groups in total. The van der Waals surface area contributed by atoms with Crippen molar-refractivity contribution < 1.29 is 36.2 Å². The average molecular weight is 324 g/mol. The fraction of sp³-hybridized carbons (Fsp3) is 0.357. The van der Waals surface area contributed by atoms with Gasteiger partial charge in [-0.15, -0.1) is 0 Å². The van der Waals surface area contributed by atoms with E-state index in [1.807, 2.05) is 0 Å². The molecule has 8 heteroatoms. The number of esters is 1. The average Bonchev–Trinajstić information content (AvgIpc) is 2.44. The highest BCUT2D eigenvalue weighted by molar-refractivity contribution is 5.86. The van der Waals surface area contributed by atoms with Gasteiger partial charge in [-0.1, -0.05) is 24.3 Å². The van der Waals surface area contributed by atoms with E-state index in [1.165, 1.54) is 31.4 Å². The summed E-state index contributed by atoms with van der Waals surface area (Å²) in [6.45, 7) is -2.12. The van der Waals surface area contributed by atoms with E-state index in [2.05, 4.69) is 9.47 Å². The first-order valence-electron chi connectivity index (χ1n) is 6.03. The van der Waals surface area contributed by atoms with Crippen LogP contribution in [-0.4, -0.2) is 31.8 Å². The summed E-state index contributed by atoms with van der Waals surface area (Å²) in [5.41, 5.74) is 1.06. The van der Waals surface area contributed by atoms with Gasteiger partial charge in [-0.25, -0.2) is 4.79 Å². The van der Waals surface area contributed by atoms with Gasteiger partial charge < -0.3 is 9.47 Å². The Hall–Kier alpha value is -1.96.